The van der Waals surface area contributed by atoms with Crippen LogP contribution in [0, 0.1) is 20.8 Å². The molecule has 4 heteroatoms. The molecule has 0 saturated carbocycles. The highest BCUT2D eigenvalue weighted by atomic mass is 16.5. The number of amides is 1. The third-order valence-corrected chi connectivity index (χ3v) is 5.67. The second-order valence-corrected chi connectivity index (χ2v) is 7.50. The van der Waals surface area contributed by atoms with Crippen LogP contribution in [0.3, 0.4) is 0 Å². The van der Waals surface area contributed by atoms with E-state index in [9.17, 15) is 4.79 Å². The number of benzene rings is 2. The zero-order valence-electron chi connectivity index (χ0n) is 16.3. The first-order chi connectivity index (χ1) is 13.0. The Bertz CT molecular complexity index is 1000. The molecular formula is C23H26N2O2. The summed E-state index contributed by atoms with van der Waals surface area (Å²) in [5.74, 6) is 0.853. The molecule has 1 N–H and O–H groups in total. The summed E-state index contributed by atoms with van der Waals surface area (Å²) in [4.78, 5) is 18.2. The van der Waals surface area contributed by atoms with Gasteiger partial charge in [0.15, 0.2) is 6.61 Å². The van der Waals surface area contributed by atoms with E-state index in [0.29, 0.717) is 0 Å². The maximum atomic E-state index is 12.7. The van der Waals surface area contributed by atoms with Gasteiger partial charge in [-0.15, -0.1) is 0 Å². The largest absolute Gasteiger partial charge is 0.483 e. The number of aryl methyl sites for hydroxylation is 2. The Hall–Kier alpha value is -2.75. The number of nitrogens with zero attached hydrogens (tertiary/aromatic N) is 1. The predicted molar refractivity (Wildman–Crippen MR) is 108 cm³/mol. The van der Waals surface area contributed by atoms with Gasteiger partial charge in [-0.2, -0.15) is 0 Å². The van der Waals surface area contributed by atoms with Crippen LogP contribution in [0.25, 0.3) is 10.9 Å². The van der Waals surface area contributed by atoms with Gasteiger partial charge in [-0.3, -0.25) is 4.79 Å². The van der Waals surface area contributed by atoms with Crippen molar-refractivity contribution in [3.63, 3.8) is 0 Å². The van der Waals surface area contributed by atoms with Crippen LogP contribution in [0.1, 0.15) is 27.9 Å². The second kappa shape index (κ2) is 7.10. The van der Waals surface area contributed by atoms with Crippen molar-refractivity contribution in [2.45, 2.75) is 33.6 Å². The first-order valence-corrected chi connectivity index (χ1v) is 9.60. The Labute approximate surface area is 160 Å². The van der Waals surface area contributed by atoms with E-state index in [1.165, 1.54) is 33.3 Å². The van der Waals surface area contributed by atoms with E-state index in [-0.39, 0.29) is 12.5 Å². The van der Waals surface area contributed by atoms with Crippen molar-refractivity contribution in [3.05, 3.63) is 64.3 Å². The Morgan fingerprint density at radius 2 is 1.93 bits per heavy atom. The number of rotatable bonds is 3. The van der Waals surface area contributed by atoms with Crippen LogP contribution in [0.2, 0.25) is 0 Å². The number of hydrogen-bond donors (Lipinski definition) is 1. The van der Waals surface area contributed by atoms with Gasteiger partial charge in [-0.1, -0.05) is 23.8 Å². The molecule has 27 heavy (non-hydrogen) atoms. The van der Waals surface area contributed by atoms with Crippen molar-refractivity contribution < 1.29 is 9.53 Å². The van der Waals surface area contributed by atoms with Gasteiger partial charge in [0.1, 0.15) is 5.75 Å². The number of H-pyrrole nitrogens is 1. The van der Waals surface area contributed by atoms with Gasteiger partial charge in [0, 0.05) is 36.1 Å². The van der Waals surface area contributed by atoms with Crippen LogP contribution in [-0.2, 0) is 17.6 Å². The molecular weight excluding hydrogens is 336 g/mol. The van der Waals surface area contributed by atoms with Gasteiger partial charge >= 0.3 is 0 Å². The molecule has 0 aliphatic carbocycles. The maximum Gasteiger partial charge on any atom is 0.260 e. The molecule has 0 atom stereocenters. The SMILES string of the molecule is Cc1ccc2[nH]c3c(c2c1)CCN(C(=O)COc1cccc(C)c1C)CC3. The van der Waals surface area contributed by atoms with E-state index in [1.807, 2.05) is 24.0 Å². The summed E-state index contributed by atoms with van der Waals surface area (Å²) in [6, 6.07) is 12.5. The molecule has 0 bridgehead atoms. The Balaban J connectivity index is 1.44. The van der Waals surface area contributed by atoms with Crippen molar-refractivity contribution in [3.8, 4) is 5.75 Å². The average molecular weight is 362 g/mol. The summed E-state index contributed by atoms with van der Waals surface area (Å²) in [7, 11) is 0. The molecule has 4 nitrogen and oxygen atoms in total. The Morgan fingerprint density at radius 1 is 1.11 bits per heavy atom. The molecule has 1 amide bonds. The lowest BCUT2D eigenvalue weighted by molar-refractivity contribution is -0.133. The van der Waals surface area contributed by atoms with E-state index >= 15 is 0 Å². The lowest BCUT2D eigenvalue weighted by Crippen LogP contribution is -2.36. The summed E-state index contributed by atoms with van der Waals surface area (Å²) < 4.78 is 5.82. The molecule has 2 aromatic carbocycles. The molecule has 0 unspecified atom stereocenters. The van der Waals surface area contributed by atoms with Crippen LogP contribution >= 0.6 is 0 Å². The van der Waals surface area contributed by atoms with Crippen molar-refractivity contribution in [1.29, 1.82) is 0 Å². The third-order valence-electron chi connectivity index (χ3n) is 5.67. The van der Waals surface area contributed by atoms with Crippen LogP contribution in [-0.4, -0.2) is 35.5 Å². The molecule has 4 rings (SSSR count). The quantitative estimate of drug-likeness (QED) is 0.762. The molecule has 140 valence electrons. The summed E-state index contributed by atoms with van der Waals surface area (Å²) >= 11 is 0. The lowest BCUT2D eigenvalue weighted by Gasteiger charge is -2.21. The minimum atomic E-state index is 0.0570. The minimum absolute atomic E-state index is 0.0570. The molecule has 1 aliphatic rings. The van der Waals surface area contributed by atoms with E-state index in [2.05, 4.69) is 43.1 Å². The lowest BCUT2D eigenvalue weighted by atomic mass is 10.1. The van der Waals surface area contributed by atoms with E-state index in [4.69, 9.17) is 4.74 Å². The summed E-state index contributed by atoms with van der Waals surface area (Å²) in [6.07, 6.45) is 1.74. The highest BCUT2D eigenvalue weighted by Crippen LogP contribution is 2.27. The molecule has 1 aliphatic heterocycles. The van der Waals surface area contributed by atoms with E-state index in [1.54, 1.807) is 0 Å². The average Bonchev–Trinajstić information content (AvgIpc) is 2.85. The smallest absolute Gasteiger partial charge is 0.260 e. The van der Waals surface area contributed by atoms with Gasteiger partial charge in [0.25, 0.3) is 5.91 Å². The molecule has 1 aromatic heterocycles. The first kappa shape index (κ1) is 17.7. The van der Waals surface area contributed by atoms with E-state index < -0.39 is 0 Å². The standard InChI is InChI=1S/C23H26N2O2/c1-15-7-8-20-19(13-15)18-9-11-25(12-10-21(18)24-20)23(26)14-27-22-6-4-5-16(2)17(22)3/h4-8,13,24H,9-12,14H2,1-3H3. The van der Waals surface area contributed by atoms with Crippen LogP contribution in [0.4, 0.5) is 0 Å². The van der Waals surface area contributed by atoms with Gasteiger partial charge < -0.3 is 14.6 Å². The second-order valence-electron chi connectivity index (χ2n) is 7.50. The fraction of sp³-hybridized carbons (Fsp3) is 0.348. The Morgan fingerprint density at radius 3 is 2.78 bits per heavy atom. The maximum absolute atomic E-state index is 12.7. The molecule has 0 saturated heterocycles. The molecule has 2 heterocycles. The fourth-order valence-corrected chi connectivity index (χ4v) is 3.88. The van der Waals surface area contributed by atoms with Crippen LogP contribution < -0.4 is 4.74 Å². The first-order valence-electron chi connectivity index (χ1n) is 9.60. The Kier molecular flexibility index (Phi) is 4.65. The number of aromatic nitrogens is 1. The molecule has 3 aromatic rings. The minimum Gasteiger partial charge on any atom is -0.483 e. The molecule has 0 fully saturated rings. The zero-order chi connectivity index (χ0) is 19.0. The highest BCUT2D eigenvalue weighted by Gasteiger charge is 2.22. The third kappa shape index (κ3) is 3.44. The molecule has 0 spiro atoms. The topological polar surface area (TPSA) is 45.3 Å². The number of aromatic amines is 1. The fourth-order valence-electron chi connectivity index (χ4n) is 3.88. The number of carbonyl (C=O) groups excluding carboxylic acids is 1. The van der Waals surface area contributed by atoms with Gasteiger partial charge in [0.05, 0.1) is 0 Å². The number of ether oxygens (including phenoxy) is 1. The summed E-state index contributed by atoms with van der Waals surface area (Å²) in [5, 5.41) is 1.30. The normalized spacial score (nSPS) is 14.1. The molecule has 0 radical (unpaired) electrons. The summed E-state index contributed by atoms with van der Waals surface area (Å²) in [5.41, 5.74) is 7.36. The van der Waals surface area contributed by atoms with Crippen LogP contribution in [0.5, 0.6) is 5.75 Å². The van der Waals surface area contributed by atoms with Crippen molar-refractivity contribution in [1.82, 2.24) is 9.88 Å². The predicted octanol–water partition coefficient (Wildman–Crippen LogP) is 4.10. The zero-order valence-corrected chi connectivity index (χ0v) is 16.3. The van der Waals surface area contributed by atoms with Crippen molar-refractivity contribution in [2.75, 3.05) is 19.7 Å². The van der Waals surface area contributed by atoms with Gasteiger partial charge in [-0.25, -0.2) is 0 Å². The van der Waals surface area contributed by atoms with Crippen molar-refractivity contribution in [2.24, 2.45) is 0 Å². The number of fused-ring (bicyclic) bond motifs is 3. The highest BCUT2D eigenvalue weighted by molar-refractivity contribution is 5.86. The number of carbonyl (C=O) groups is 1. The van der Waals surface area contributed by atoms with Crippen molar-refractivity contribution >= 4 is 16.8 Å². The van der Waals surface area contributed by atoms with Crippen LogP contribution in [0.15, 0.2) is 36.4 Å². The van der Waals surface area contributed by atoms with Gasteiger partial charge in [-0.05, 0) is 62.1 Å². The van der Waals surface area contributed by atoms with E-state index in [0.717, 1.165) is 37.2 Å². The monoisotopic (exact) mass is 362 g/mol. The number of hydrogen-bond acceptors (Lipinski definition) is 2. The van der Waals surface area contributed by atoms with Gasteiger partial charge in [0.2, 0.25) is 0 Å². The number of nitrogens with one attached hydrogen (secondary N) is 1. The summed E-state index contributed by atoms with van der Waals surface area (Å²) in [6.45, 7) is 7.77.